The van der Waals surface area contributed by atoms with Crippen molar-refractivity contribution in [3.63, 3.8) is 0 Å². The number of aromatic nitrogens is 2. The largest absolute Gasteiger partial charge is 0.486 e. The molecule has 0 spiro atoms. The zero-order valence-electron chi connectivity index (χ0n) is 9.91. The molecule has 1 aliphatic rings. The predicted molar refractivity (Wildman–Crippen MR) is 65.8 cm³/mol. The molecule has 2 N–H and O–H groups in total. The summed E-state index contributed by atoms with van der Waals surface area (Å²) < 4.78 is 11.1. The van der Waals surface area contributed by atoms with Gasteiger partial charge in [0.15, 0.2) is 11.5 Å². The lowest BCUT2D eigenvalue weighted by Crippen LogP contribution is -2.15. The summed E-state index contributed by atoms with van der Waals surface area (Å²) in [4.78, 5) is 7.68. The van der Waals surface area contributed by atoms with E-state index in [-0.39, 0.29) is 0 Å². The lowest BCUT2D eigenvalue weighted by molar-refractivity contribution is 0.172. The van der Waals surface area contributed by atoms with Crippen molar-refractivity contribution in [3.05, 3.63) is 12.1 Å². The Morgan fingerprint density at radius 3 is 2.65 bits per heavy atom. The number of nitrogens with zero attached hydrogens (tertiary/aromatic N) is 1. The normalized spacial score (nSPS) is 14.3. The quantitative estimate of drug-likeness (QED) is 0.834. The average molecular weight is 233 g/mol. The summed E-state index contributed by atoms with van der Waals surface area (Å²) in [7, 11) is 0. The van der Waals surface area contributed by atoms with Crippen LogP contribution in [-0.2, 0) is 0 Å². The fourth-order valence-electron chi connectivity index (χ4n) is 1.89. The number of hydrogen-bond acceptors (Lipinski definition) is 4. The van der Waals surface area contributed by atoms with Gasteiger partial charge in [0, 0.05) is 18.2 Å². The van der Waals surface area contributed by atoms with Crippen LogP contribution in [0.2, 0.25) is 0 Å². The van der Waals surface area contributed by atoms with Gasteiger partial charge in [0.1, 0.15) is 13.2 Å². The number of benzene rings is 1. The number of rotatable bonds is 2. The van der Waals surface area contributed by atoms with Gasteiger partial charge in [-0.05, 0) is 13.8 Å². The molecule has 1 aromatic heterocycles. The number of aromatic amines is 1. The van der Waals surface area contributed by atoms with Gasteiger partial charge in [-0.15, -0.1) is 0 Å². The van der Waals surface area contributed by atoms with Gasteiger partial charge >= 0.3 is 0 Å². The smallest absolute Gasteiger partial charge is 0.201 e. The summed E-state index contributed by atoms with van der Waals surface area (Å²) in [6, 6.07) is 4.19. The highest BCUT2D eigenvalue weighted by molar-refractivity contribution is 5.81. The molecule has 5 heteroatoms. The first-order valence-corrected chi connectivity index (χ1v) is 5.78. The highest BCUT2D eigenvalue weighted by Gasteiger charge is 2.14. The van der Waals surface area contributed by atoms with Crippen molar-refractivity contribution in [3.8, 4) is 11.5 Å². The minimum absolute atomic E-state index is 0.345. The Balaban J connectivity index is 2.03. The van der Waals surface area contributed by atoms with E-state index in [9.17, 15) is 0 Å². The molecule has 17 heavy (non-hydrogen) atoms. The summed E-state index contributed by atoms with van der Waals surface area (Å²) in [5.41, 5.74) is 1.84. The molecule has 0 fully saturated rings. The number of anilines is 1. The highest BCUT2D eigenvalue weighted by atomic mass is 16.6. The van der Waals surface area contributed by atoms with E-state index in [0.717, 1.165) is 28.5 Å². The molecule has 0 aliphatic carbocycles. The van der Waals surface area contributed by atoms with Crippen molar-refractivity contribution in [2.75, 3.05) is 18.5 Å². The minimum atomic E-state index is 0.345. The summed E-state index contributed by atoms with van der Waals surface area (Å²) in [5, 5.41) is 3.24. The topological polar surface area (TPSA) is 59.2 Å². The first-order chi connectivity index (χ1) is 8.22. The molecule has 1 aromatic carbocycles. The van der Waals surface area contributed by atoms with E-state index in [0.29, 0.717) is 19.3 Å². The number of hydrogen-bond donors (Lipinski definition) is 2. The predicted octanol–water partition coefficient (Wildman–Crippen LogP) is 2.15. The average Bonchev–Trinajstić information content (AvgIpc) is 2.65. The molecule has 5 nitrogen and oxygen atoms in total. The first-order valence-electron chi connectivity index (χ1n) is 5.78. The maximum absolute atomic E-state index is 5.53. The summed E-state index contributed by atoms with van der Waals surface area (Å²) in [6.45, 7) is 5.35. The van der Waals surface area contributed by atoms with Crippen LogP contribution in [0.3, 0.4) is 0 Å². The van der Waals surface area contributed by atoms with Crippen LogP contribution in [0.1, 0.15) is 13.8 Å². The third-order valence-electron chi connectivity index (χ3n) is 2.57. The molecule has 0 radical (unpaired) electrons. The Morgan fingerprint density at radius 1 is 1.24 bits per heavy atom. The van der Waals surface area contributed by atoms with Crippen molar-refractivity contribution in [1.29, 1.82) is 0 Å². The Morgan fingerprint density at radius 2 is 1.94 bits per heavy atom. The van der Waals surface area contributed by atoms with Crippen LogP contribution in [0.25, 0.3) is 11.0 Å². The van der Waals surface area contributed by atoms with Gasteiger partial charge in [0.2, 0.25) is 5.95 Å². The molecular formula is C12H15N3O2. The van der Waals surface area contributed by atoms with Crippen LogP contribution in [0.15, 0.2) is 12.1 Å². The van der Waals surface area contributed by atoms with Crippen molar-refractivity contribution in [2.45, 2.75) is 19.9 Å². The maximum Gasteiger partial charge on any atom is 0.201 e. The van der Waals surface area contributed by atoms with Gasteiger partial charge in [0.05, 0.1) is 11.0 Å². The van der Waals surface area contributed by atoms with Crippen LogP contribution in [0, 0.1) is 0 Å². The molecule has 0 saturated carbocycles. The summed E-state index contributed by atoms with van der Waals surface area (Å²) >= 11 is 0. The fraction of sp³-hybridized carbons (Fsp3) is 0.417. The van der Waals surface area contributed by atoms with E-state index < -0.39 is 0 Å². The molecule has 0 saturated heterocycles. The SMILES string of the molecule is CC(C)Nc1nc2cc3c(cc2[nH]1)OCCO3. The summed E-state index contributed by atoms with van der Waals surface area (Å²) in [5.74, 6) is 2.33. The molecular weight excluding hydrogens is 218 g/mol. The third kappa shape index (κ3) is 1.88. The van der Waals surface area contributed by atoms with Gasteiger partial charge in [-0.1, -0.05) is 0 Å². The molecule has 1 aliphatic heterocycles. The van der Waals surface area contributed by atoms with Crippen LogP contribution in [-0.4, -0.2) is 29.2 Å². The lowest BCUT2D eigenvalue weighted by atomic mass is 10.2. The van der Waals surface area contributed by atoms with Crippen LogP contribution in [0.4, 0.5) is 5.95 Å². The van der Waals surface area contributed by atoms with Crippen LogP contribution < -0.4 is 14.8 Å². The fourth-order valence-corrected chi connectivity index (χ4v) is 1.89. The number of imidazole rings is 1. The molecule has 2 heterocycles. The second-order valence-electron chi connectivity index (χ2n) is 4.40. The third-order valence-corrected chi connectivity index (χ3v) is 2.57. The van der Waals surface area contributed by atoms with E-state index in [1.54, 1.807) is 0 Å². The van der Waals surface area contributed by atoms with Crippen molar-refractivity contribution < 1.29 is 9.47 Å². The number of nitrogens with one attached hydrogen (secondary N) is 2. The molecule has 0 atom stereocenters. The molecule has 3 rings (SSSR count). The van der Waals surface area contributed by atoms with E-state index >= 15 is 0 Å². The first kappa shape index (κ1) is 10.3. The number of H-pyrrole nitrogens is 1. The summed E-state index contributed by atoms with van der Waals surface area (Å²) in [6.07, 6.45) is 0. The van der Waals surface area contributed by atoms with E-state index in [2.05, 4.69) is 29.1 Å². The standard InChI is InChI=1S/C12H15N3O2/c1-7(2)13-12-14-8-5-10-11(6-9(8)15-12)17-4-3-16-10/h5-7H,3-4H2,1-2H3,(H2,13,14,15). The number of fused-ring (bicyclic) bond motifs is 2. The van der Waals surface area contributed by atoms with Crippen molar-refractivity contribution in [1.82, 2.24) is 9.97 Å². The second kappa shape index (κ2) is 3.84. The van der Waals surface area contributed by atoms with Crippen molar-refractivity contribution >= 4 is 17.0 Å². The van der Waals surface area contributed by atoms with Crippen LogP contribution >= 0.6 is 0 Å². The van der Waals surface area contributed by atoms with E-state index in [1.165, 1.54) is 0 Å². The Hall–Kier alpha value is -1.91. The number of ether oxygens (including phenoxy) is 2. The van der Waals surface area contributed by atoms with Gasteiger partial charge in [-0.25, -0.2) is 4.98 Å². The zero-order chi connectivity index (χ0) is 11.8. The molecule has 2 aromatic rings. The molecule has 0 bridgehead atoms. The Labute approximate surface area is 99.1 Å². The highest BCUT2D eigenvalue weighted by Crippen LogP contribution is 2.34. The van der Waals surface area contributed by atoms with Crippen molar-refractivity contribution in [2.24, 2.45) is 0 Å². The lowest BCUT2D eigenvalue weighted by Gasteiger charge is -2.17. The monoisotopic (exact) mass is 233 g/mol. The minimum Gasteiger partial charge on any atom is -0.486 e. The Bertz CT molecular complexity index is 505. The second-order valence-corrected chi connectivity index (χ2v) is 4.40. The molecule has 0 unspecified atom stereocenters. The van der Waals surface area contributed by atoms with Gasteiger partial charge in [-0.3, -0.25) is 0 Å². The van der Waals surface area contributed by atoms with Gasteiger partial charge in [-0.2, -0.15) is 0 Å². The molecule has 0 amide bonds. The van der Waals surface area contributed by atoms with Crippen LogP contribution in [0.5, 0.6) is 11.5 Å². The van der Waals surface area contributed by atoms with E-state index in [4.69, 9.17) is 9.47 Å². The Kier molecular flexibility index (Phi) is 2.31. The van der Waals surface area contributed by atoms with E-state index in [1.807, 2.05) is 12.1 Å². The maximum atomic E-state index is 5.53. The van der Waals surface area contributed by atoms with Gasteiger partial charge < -0.3 is 19.8 Å². The molecule has 90 valence electrons. The van der Waals surface area contributed by atoms with Gasteiger partial charge in [0.25, 0.3) is 0 Å². The zero-order valence-corrected chi connectivity index (χ0v) is 9.91.